The van der Waals surface area contributed by atoms with Crippen molar-refractivity contribution in [1.29, 1.82) is 0 Å². The van der Waals surface area contributed by atoms with E-state index in [-0.39, 0.29) is 11.8 Å². The molecule has 0 aromatic heterocycles. The van der Waals surface area contributed by atoms with E-state index < -0.39 is 0 Å². The zero-order chi connectivity index (χ0) is 11.1. The van der Waals surface area contributed by atoms with E-state index in [2.05, 4.69) is 0 Å². The van der Waals surface area contributed by atoms with Crippen LogP contribution < -0.4 is 0 Å². The third-order valence-electron chi connectivity index (χ3n) is 2.00. The highest BCUT2D eigenvalue weighted by Gasteiger charge is 2.02. The molecular formula is C12H15FO2. The van der Waals surface area contributed by atoms with Gasteiger partial charge in [0.25, 0.3) is 0 Å². The number of benzene rings is 1. The predicted octanol–water partition coefficient (Wildman–Crippen LogP) is 2.71. The number of hydrogen-bond donors (Lipinski definition) is 0. The van der Waals surface area contributed by atoms with Crippen LogP contribution in [-0.4, -0.2) is 12.6 Å². The van der Waals surface area contributed by atoms with Crippen molar-refractivity contribution in [3.05, 3.63) is 35.6 Å². The Kier molecular flexibility index (Phi) is 4.81. The Bertz CT molecular complexity index is 306. The largest absolute Gasteiger partial charge is 0.466 e. The van der Waals surface area contributed by atoms with Crippen LogP contribution in [0, 0.1) is 5.82 Å². The summed E-state index contributed by atoms with van der Waals surface area (Å²) in [4.78, 5) is 11.1. The first kappa shape index (κ1) is 11.7. The summed E-state index contributed by atoms with van der Waals surface area (Å²) in [6.07, 6.45) is 1.79. The minimum Gasteiger partial charge on any atom is -0.466 e. The molecule has 0 aliphatic carbocycles. The summed E-state index contributed by atoms with van der Waals surface area (Å²) in [6, 6.07) is 6.16. The third kappa shape index (κ3) is 4.58. The fourth-order valence-corrected chi connectivity index (χ4v) is 1.19. The highest BCUT2D eigenvalue weighted by Crippen LogP contribution is 2.06. The maximum atomic E-state index is 12.6. The van der Waals surface area contributed by atoms with Crippen LogP contribution in [0.15, 0.2) is 24.3 Å². The molecule has 0 fully saturated rings. The number of esters is 1. The molecule has 0 unspecified atom stereocenters. The molecule has 0 aliphatic heterocycles. The second kappa shape index (κ2) is 6.17. The molecule has 3 heteroatoms. The van der Waals surface area contributed by atoms with Gasteiger partial charge in [-0.1, -0.05) is 19.1 Å². The van der Waals surface area contributed by atoms with Gasteiger partial charge in [0, 0.05) is 6.42 Å². The molecule has 15 heavy (non-hydrogen) atoms. The van der Waals surface area contributed by atoms with Gasteiger partial charge in [-0.2, -0.15) is 0 Å². The van der Waals surface area contributed by atoms with Crippen LogP contribution in [0.2, 0.25) is 0 Å². The minimum atomic E-state index is -0.257. The number of carbonyl (C=O) groups is 1. The van der Waals surface area contributed by atoms with Crippen LogP contribution in [0.4, 0.5) is 4.39 Å². The van der Waals surface area contributed by atoms with Gasteiger partial charge in [-0.05, 0) is 30.5 Å². The molecule has 0 N–H and O–H groups in total. The topological polar surface area (TPSA) is 26.3 Å². The highest BCUT2D eigenvalue weighted by atomic mass is 19.1. The Morgan fingerprint density at radius 2 is 2.00 bits per heavy atom. The van der Waals surface area contributed by atoms with Gasteiger partial charge in [-0.25, -0.2) is 4.39 Å². The van der Waals surface area contributed by atoms with Gasteiger partial charge >= 0.3 is 5.97 Å². The molecule has 82 valence electrons. The van der Waals surface area contributed by atoms with Gasteiger partial charge in [0.05, 0.1) is 6.61 Å². The lowest BCUT2D eigenvalue weighted by molar-refractivity contribution is -0.143. The second-order valence-corrected chi connectivity index (χ2v) is 3.35. The van der Waals surface area contributed by atoms with Crippen molar-refractivity contribution >= 4 is 5.97 Å². The lowest BCUT2D eigenvalue weighted by Gasteiger charge is -2.03. The molecule has 0 spiro atoms. The first-order chi connectivity index (χ1) is 7.22. The summed E-state index contributed by atoms with van der Waals surface area (Å²) < 4.78 is 17.5. The summed E-state index contributed by atoms with van der Waals surface area (Å²) in [6.45, 7) is 2.43. The van der Waals surface area contributed by atoms with Gasteiger partial charge < -0.3 is 4.74 Å². The molecule has 2 nitrogen and oxygen atoms in total. The van der Waals surface area contributed by atoms with Gasteiger partial charge in [-0.15, -0.1) is 0 Å². The average molecular weight is 210 g/mol. The average Bonchev–Trinajstić information content (AvgIpc) is 2.25. The van der Waals surface area contributed by atoms with E-state index in [1.807, 2.05) is 6.92 Å². The fraction of sp³-hybridized carbons (Fsp3) is 0.417. The summed E-state index contributed by atoms with van der Waals surface area (Å²) in [7, 11) is 0. The summed E-state index contributed by atoms with van der Waals surface area (Å²) in [5.74, 6) is -0.450. The standard InChI is InChI=1S/C12H15FO2/c1-2-9-15-12(14)8-5-10-3-6-11(13)7-4-10/h3-4,6-7H,2,5,8-9H2,1H3. The van der Waals surface area contributed by atoms with Gasteiger partial charge in [-0.3, -0.25) is 4.79 Å². The lowest BCUT2D eigenvalue weighted by atomic mass is 10.1. The lowest BCUT2D eigenvalue weighted by Crippen LogP contribution is -2.06. The van der Waals surface area contributed by atoms with Gasteiger partial charge in [0.1, 0.15) is 5.82 Å². The maximum Gasteiger partial charge on any atom is 0.306 e. The first-order valence-corrected chi connectivity index (χ1v) is 5.12. The van der Waals surface area contributed by atoms with E-state index in [9.17, 15) is 9.18 Å². The van der Waals surface area contributed by atoms with Crippen molar-refractivity contribution in [2.24, 2.45) is 0 Å². The van der Waals surface area contributed by atoms with Gasteiger partial charge in [0.2, 0.25) is 0 Å². The Morgan fingerprint density at radius 3 is 2.60 bits per heavy atom. The third-order valence-corrected chi connectivity index (χ3v) is 2.00. The monoisotopic (exact) mass is 210 g/mol. The number of ether oxygens (including phenoxy) is 1. The SMILES string of the molecule is CCCOC(=O)CCc1ccc(F)cc1. The predicted molar refractivity (Wildman–Crippen MR) is 56.0 cm³/mol. The molecule has 0 radical (unpaired) electrons. The van der Waals surface area contributed by atoms with E-state index in [0.29, 0.717) is 19.4 Å². The number of halogens is 1. The van der Waals surface area contributed by atoms with Crippen LogP contribution in [0.25, 0.3) is 0 Å². The normalized spacial score (nSPS) is 10.0. The smallest absolute Gasteiger partial charge is 0.306 e. The zero-order valence-electron chi connectivity index (χ0n) is 8.83. The minimum absolute atomic E-state index is 0.193. The van der Waals surface area contributed by atoms with E-state index in [1.54, 1.807) is 12.1 Å². The Labute approximate surface area is 89.1 Å². The van der Waals surface area contributed by atoms with E-state index in [0.717, 1.165) is 12.0 Å². The molecule has 0 saturated carbocycles. The van der Waals surface area contributed by atoms with Crippen molar-refractivity contribution in [3.63, 3.8) is 0 Å². The number of rotatable bonds is 5. The molecule has 0 amide bonds. The molecule has 1 aromatic rings. The highest BCUT2D eigenvalue weighted by molar-refractivity contribution is 5.69. The number of carbonyl (C=O) groups excluding carboxylic acids is 1. The van der Waals surface area contributed by atoms with Crippen LogP contribution in [0.3, 0.4) is 0 Å². The molecule has 0 heterocycles. The van der Waals surface area contributed by atoms with Crippen molar-refractivity contribution in [2.75, 3.05) is 6.61 Å². The fourth-order valence-electron chi connectivity index (χ4n) is 1.19. The number of hydrogen-bond acceptors (Lipinski definition) is 2. The Hall–Kier alpha value is -1.38. The first-order valence-electron chi connectivity index (χ1n) is 5.12. The van der Waals surface area contributed by atoms with E-state index in [1.165, 1.54) is 12.1 Å². The maximum absolute atomic E-state index is 12.6. The Morgan fingerprint density at radius 1 is 1.33 bits per heavy atom. The van der Waals surface area contributed by atoms with E-state index >= 15 is 0 Å². The van der Waals surface area contributed by atoms with Gasteiger partial charge in [0.15, 0.2) is 0 Å². The van der Waals surface area contributed by atoms with Crippen molar-refractivity contribution < 1.29 is 13.9 Å². The summed E-state index contributed by atoms with van der Waals surface area (Å²) >= 11 is 0. The zero-order valence-corrected chi connectivity index (χ0v) is 8.83. The summed E-state index contributed by atoms with van der Waals surface area (Å²) in [5, 5.41) is 0. The summed E-state index contributed by atoms with van der Waals surface area (Å²) in [5.41, 5.74) is 0.949. The molecular weight excluding hydrogens is 195 g/mol. The van der Waals surface area contributed by atoms with Crippen molar-refractivity contribution in [1.82, 2.24) is 0 Å². The molecule has 0 aliphatic rings. The second-order valence-electron chi connectivity index (χ2n) is 3.35. The quantitative estimate of drug-likeness (QED) is 0.698. The Balaban J connectivity index is 2.30. The van der Waals surface area contributed by atoms with E-state index in [4.69, 9.17) is 4.74 Å². The molecule has 1 aromatic carbocycles. The molecule has 1 rings (SSSR count). The molecule has 0 atom stereocenters. The van der Waals surface area contributed by atoms with Crippen LogP contribution >= 0.6 is 0 Å². The molecule has 0 bridgehead atoms. The molecule has 0 saturated heterocycles. The van der Waals surface area contributed by atoms with Crippen molar-refractivity contribution in [2.45, 2.75) is 26.2 Å². The van der Waals surface area contributed by atoms with Crippen molar-refractivity contribution in [3.8, 4) is 0 Å². The number of aryl methyl sites for hydroxylation is 1. The van der Waals surface area contributed by atoms with Crippen LogP contribution in [0.5, 0.6) is 0 Å². The van der Waals surface area contributed by atoms with Crippen LogP contribution in [-0.2, 0) is 16.0 Å². The van der Waals surface area contributed by atoms with Crippen LogP contribution in [0.1, 0.15) is 25.3 Å².